The maximum atomic E-state index is 12.6. The predicted molar refractivity (Wildman–Crippen MR) is 82.6 cm³/mol. The van der Waals surface area contributed by atoms with Gasteiger partial charge in [0.05, 0.1) is 17.9 Å². The van der Waals surface area contributed by atoms with Gasteiger partial charge in [-0.2, -0.15) is 4.31 Å². The molecular weight excluding hydrogens is 358 g/mol. The molecule has 0 aromatic heterocycles. The SMILES string of the molecule is COC(=O)C1CCCN(S(=O)(=O)c2ccc(CBr)cc2)C1. The first kappa shape index (κ1) is 16.5. The highest BCUT2D eigenvalue weighted by Gasteiger charge is 2.33. The average Bonchev–Trinajstić information content (AvgIpc) is 2.54. The Morgan fingerprint density at radius 2 is 2.05 bits per heavy atom. The summed E-state index contributed by atoms with van der Waals surface area (Å²) in [6.07, 6.45) is 1.33. The van der Waals surface area contributed by atoms with E-state index in [4.69, 9.17) is 4.74 Å². The van der Waals surface area contributed by atoms with Gasteiger partial charge in [-0.1, -0.05) is 28.1 Å². The van der Waals surface area contributed by atoms with Crippen LogP contribution in [0.15, 0.2) is 29.2 Å². The molecule has 21 heavy (non-hydrogen) atoms. The first-order chi connectivity index (χ1) is 9.98. The number of piperidine rings is 1. The molecule has 1 saturated heterocycles. The molecule has 0 amide bonds. The number of carbonyl (C=O) groups is 1. The van der Waals surface area contributed by atoms with Crippen LogP contribution in [0.1, 0.15) is 18.4 Å². The molecule has 1 fully saturated rings. The largest absolute Gasteiger partial charge is 0.469 e. The molecule has 1 aliphatic rings. The van der Waals surface area contributed by atoms with Crippen LogP contribution >= 0.6 is 15.9 Å². The van der Waals surface area contributed by atoms with Crippen molar-refractivity contribution < 1.29 is 17.9 Å². The molecule has 0 aliphatic carbocycles. The number of methoxy groups -OCH3 is 1. The molecule has 0 saturated carbocycles. The zero-order chi connectivity index (χ0) is 15.5. The Morgan fingerprint density at radius 1 is 1.38 bits per heavy atom. The lowest BCUT2D eigenvalue weighted by Crippen LogP contribution is -2.42. The van der Waals surface area contributed by atoms with Crippen LogP contribution in [-0.4, -0.2) is 38.9 Å². The number of alkyl halides is 1. The third-order valence-corrected chi connectivity index (χ3v) is 6.16. The molecular formula is C14H18BrNO4S. The third kappa shape index (κ3) is 3.64. The molecule has 0 radical (unpaired) electrons. The summed E-state index contributed by atoms with van der Waals surface area (Å²) in [6, 6.07) is 6.77. The van der Waals surface area contributed by atoms with Gasteiger partial charge in [0.2, 0.25) is 10.0 Å². The van der Waals surface area contributed by atoms with E-state index in [1.807, 2.05) is 0 Å². The molecule has 1 heterocycles. The Morgan fingerprint density at radius 3 is 2.62 bits per heavy atom. The summed E-state index contributed by atoms with van der Waals surface area (Å²) in [4.78, 5) is 11.9. The van der Waals surface area contributed by atoms with Crippen LogP contribution < -0.4 is 0 Å². The number of hydrogen-bond acceptors (Lipinski definition) is 4. The number of rotatable bonds is 4. The maximum absolute atomic E-state index is 12.6. The van der Waals surface area contributed by atoms with Gasteiger partial charge in [0.1, 0.15) is 0 Å². The molecule has 1 unspecified atom stereocenters. The molecule has 7 heteroatoms. The molecule has 1 aromatic carbocycles. The highest BCUT2D eigenvalue weighted by atomic mass is 79.9. The topological polar surface area (TPSA) is 63.7 Å². The van der Waals surface area contributed by atoms with Crippen molar-refractivity contribution in [1.82, 2.24) is 4.31 Å². The third-order valence-electron chi connectivity index (χ3n) is 3.63. The van der Waals surface area contributed by atoms with Gasteiger partial charge < -0.3 is 4.74 Å². The van der Waals surface area contributed by atoms with Gasteiger partial charge in [0, 0.05) is 18.4 Å². The number of hydrogen-bond donors (Lipinski definition) is 0. The first-order valence-corrected chi connectivity index (χ1v) is 9.28. The lowest BCUT2D eigenvalue weighted by molar-refractivity contribution is -0.146. The lowest BCUT2D eigenvalue weighted by Gasteiger charge is -2.30. The van der Waals surface area contributed by atoms with Crippen molar-refractivity contribution in [2.45, 2.75) is 23.1 Å². The second-order valence-electron chi connectivity index (χ2n) is 5.00. The van der Waals surface area contributed by atoms with Crippen LogP contribution in [0.2, 0.25) is 0 Å². The molecule has 1 aliphatic heterocycles. The van der Waals surface area contributed by atoms with Gasteiger partial charge in [0.25, 0.3) is 0 Å². The molecule has 2 rings (SSSR count). The quantitative estimate of drug-likeness (QED) is 0.597. The van der Waals surface area contributed by atoms with Crippen molar-refractivity contribution in [3.8, 4) is 0 Å². The number of carbonyl (C=O) groups excluding carboxylic acids is 1. The monoisotopic (exact) mass is 375 g/mol. The summed E-state index contributed by atoms with van der Waals surface area (Å²) < 4.78 is 31.3. The number of benzene rings is 1. The van der Waals surface area contributed by atoms with E-state index in [-0.39, 0.29) is 23.3 Å². The summed E-state index contributed by atoms with van der Waals surface area (Å²) in [5.74, 6) is -0.718. The van der Waals surface area contributed by atoms with E-state index in [1.54, 1.807) is 24.3 Å². The van der Waals surface area contributed by atoms with E-state index in [0.29, 0.717) is 24.7 Å². The Hall–Kier alpha value is -0.920. The van der Waals surface area contributed by atoms with Crippen LogP contribution in [-0.2, 0) is 24.9 Å². The van der Waals surface area contributed by atoms with Gasteiger partial charge in [-0.15, -0.1) is 0 Å². The first-order valence-electron chi connectivity index (χ1n) is 6.72. The zero-order valence-electron chi connectivity index (χ0n) is 11.8. The second-order valence-corrected chi connectivity index (χ2v) is 7.50. The fourth-order valence-electron chi connectivity index (χ4n) is 2.42. The van der Waals surface area contributed by atoms with Gasteiger partial charge in [-0.25, -0.2) is 8.42 Å². The lowest BCUT2D eigenvalue weighted by atomic mass is 10.0. The normalized spacial score (nSPS) is 20.2. The minimum atomic E-state index is -3.55. The Bertz CT molecular complexity index is 600. The average molecular weight is 376 g/mol. The van der Waals surface area contributed by atoms with Crippen molar-refractivity contribution in [3.05, 3.63) is 29.8 Å². The standard InChI is InChI=1S/C14H18BrNO4S/c1-20-14(17)12-3-2-8-16(10-12)21(18,19)13-6-4-11(9-15)5-7-13/h4-7,12H,2-3,8-10H2,1H3. The van der Waals surface area contributed by atoms with E-state index >= 15 is 0 Å². The number of nitrogens with zero attached hydrogens (tertiary/aromatic N) is 1. The summed E-state index contributed by atoms with van der Waals surface area (Å²) in [6.45, 7) is 0.630. The van der Waals surface area contributed by atoms with Gasteiger partial charge in [-0.3, -0.25) is 4.79 Å². The number of esters is 1. The van der Waals surface area contributed by atoms with Gasteiger partial charge in [-0.05, 0) is 30.5 Å². The molecule has 1 aromatic rings. The molecule has 1 atom stereocenters. The molecule has 116 valence electrons. The summed E-state index contributed by atoms with van der Waals surface area (Å²) >= 11 is 3.33. The van der Waals surface area contributed by atoms with E-state index in [2.05, 4.69) is 15.9 Å². The fourth-order valence-corrected chi connectivity index (χ4v) is 4.32. The van der Waals surface area contributed by atoms with Crippen LogP contribution in [0.5, 0.6) is 0 Å². The molecule has 0 N–H and O–H groups in total. The minimum Gasteiger partial charge on any atom is -0.469 e. The van der Waals surface area contributed by atoms with Crippen molar-refractivity contribution >= 4 is 31.9 Å². The number of ether oxygens (including phenoxy) is 1. The predicted octanol–water partition coefficient (Wildman–Crippen LogP) is 2.16. The van der Waals surface area contributed by atoms with Gasteiger partial charge in [0.15, 0.2) is 0 Å². The highest BCUT2D eigenvalue weighted by molar-refractivity contribution is 9.08. The molecule has 5 nitrogen and oxygen atoms in total. The van der Waals surface area contributed by atoms with E-state index in [0.717, 1.165) is 5.56 Å². The Labute approximate surface area is 133 Å². The van der Waals surface area contributed by atoms with Crippen LogP contribution in [0.25, 0.3) is 0 Å². The van der Waals surface area contributed by atoms with Crippen molar-refractivity contribution in [3.63, 3.8) is 0 Å². The van der Waals surface area contributed by atoms with E-state index < -0.39 is 10.0 Å². The van der Waals surface area contributed by atoms with E-state index in [9.17, 15) is 13.2 Å². The second kappa shape index (κ2) is 6.89. The summed E-state index contributed by atoms with van der Waals surface area (Å²) in [5.41, 5.74) is 1.01. The van der Waals surface area contributed by atoms with E-state index in [1.165, 1.54) is 11.4 Å². The smallest absolute Gasteiger partial charge is 0.309 e. The Kier molecular flexibility index (Phi) is 5.40. The summed E-state index contributed by atoms with van der Waals surface area (Å²) in [5, 5.41) is 0.682. The van der Waals surface area contributed by atoms with Crippen LogP contribution in [0.4, 0.5) is 0 Å². The minimum absolute atomic E-state index is 0.190. The summed E-state index contributed by atoms with van der Waals surface area (Å²) in [7, 11) is -2.22. The number of halogens is 1. The van der Waals surface area contributed by atoms with Crippen molar-refractivity contribution in [1.29, 1.82) is 0 Å². The van der Waals surface area contributed by atoms with Crippen LogP contribution in [0.3, 0.4) is 0 Å². The number of sulfonamides is 1. The highest BCUT2D eigenvalue weighted by Crippen LogP contribution is 2.24. The molecule has 0 spiro atoms. The molecule has 0 bridgehead atoms. The fraction of sp³-hybridized carbons (Fsp3) is 0.500. The van der Waals surface area contributed by atoms with Crippen molar-refractivity contribution in [2.75, 3.05) is 20.2 Å². The zero-order valence-corrected chi connectivity index (χ0v) is 14.2. The van der Waals surface area contributed by atoms with Gasteiger partial charge >= 0.3 is 5.97 Å². The van der Waals surface area contributed by atoms with Crippen molar-refractivity contribution in [2.24, 2.45) is 5.92 Å². The van der Waals surface area contributed by atoms with Crippen LogP contribution in [0, 0.1) is 5.92 Å². The maximum Gasteiger partial charge on any atom is 0.309 e. The Balaban J connectivity index is 2.19.